The molecule has 1 aliphatic heterocycles. The largest absolute Gasteiger partial charge is 0.478 e. The molecule has 15 heavy (non-hydrogen) atoms. The predicted octanol–water partition coefficient (Wildman–Crippen LogP) is 1.46. The van der Waals surface area contributed by atoms with Gasteiger partial charge in [-0.15, -0.1) is 0 Å². The zero-order chi connectivity index (χ0) is 11.1. The molecule has 0 saturated carbocycles. The summed E-state index contributed by atoms with van der Waals surface area (Å²) in [5.74, 6) is -1.00. The van der Waals surface area contributed by atoms with Crippen molar-refractivity contribution in [1.29, 1.82) is 0 Å². The maximum absolute atomic E-state index is 10.5. The highest BCUT2D eigenvalue weighted by molar-refractivity contribution is 5.89. The lowest BCUT2D eigenvalue weighted by atomic mass is 10.1. The summed E-state index contributed by atoms with van der Waals surface area (Å²) in [5.41, 5.74) is 0.606. The van der Waals surface area contributed by atoms with Crippen LogP contribution >= 0.6 is 0 Å². The number of benzene rings is 1. The number of carbonyl (C=O) groups is 1. The van der Waals surface area contributed by atoms with Crippen LogP contribution in [0, 0.1) is 0 Å². The van der Waals surface area contributed by atoms with Crippen molar-refractivity contribution in [1.82, 2.24) is 0 Å². The van der Waals surface area contributed by atoms with Crippen molar-refractivity contribution in [3.63, 3.8) is 0 Å². The Balaban J connectivity index is 0.000000234. The van der Waals surface area contributed by atoms with Crippen LogP contribution in [0.4, 0.5) is 0 Å². The molecule has 0 aliphatic carbocycles. The summed E-state index contributed by atoms with van der Waals surface area (Å²) >= 11 is 0. The third-order valence-electron chi connectivity index (χ3n) is 1.76. The molecule has 0 fully saturated rings. The van der Waals surface area contributed by atoms with Crippen LogP contribution in [-0.2, 0) is 6.61 Å². The van der Waals surface area contributed by atoms with Crippen LogP contribution in [0.2, 0.25) is 0 Å². The average Bonchev–Trinajstić information content (AvgIpc) is 2.15. The van der Waals surface area contributed by atoms with E-state index < -0.39 is 5.97 Å². The second-order valence-corrected chi connectivity index (χ2v) is 2.76. The van der Waals surface area contributed by atoms with E-state index in [0.29, 0.717) is 5.56 Å². The molecule has 1 aromatic rings. The summed E-state index contributed by atoms with van der Waals surface area (Å²) in [6, 6.07) is 6.37. The Morgan fingerprint density at radius 3 is 2.20 bits per heavy atom. The molecule has 0 unspecified atom stereocenters. The third-order valence-corrected chi connectivity index (χ3v) is 1.76. The molecule has 1 aromatic carbocycles. The number of aliphatic imine (C=N–C) groups is 1. The SMILES string of the molecule is C1=CN=C1.O=C(O)c1ccccc1CO. The molecule has 78 valence electrons. The molecular weight excluding hydrogens is 194 g/mol. The lowest BCUT2D eigenvalue weighted by Gasteiger charge is -1.99. The number of carboxylic acids is 1. The molecule has 0 atom stereocenters. The van der Waals surface area contributed by atoms with E-state index in [0.717, 1.165) is 0 Å². The first kappa shape index (κ1) is 11.1. The summed E-state index contributed by atoms with van der Waals surface area (Å²) in [5, 5.41) is 17.3. The summed E-state index contributed by atoms with van der Waals surface area (Å²) in [7, 11) is 0. The first-order valence-electron chi connectivity index (χ1n) is 4.36. The minimum Gasteiger partial charge on any atom is -0.478 e. The molecule has 1 aliphatic rings. The molecule has 0 saturated heterocycles. The Morgan fingerprint density at radius 1 is 1.33 bits per heavy atom. The molecule has 2 rings (SSSR count). The van der Waals surface area contributed by atoms with E-state index in [4.69, 9.17) is 10.2 Å². The van der Waals surface area contributed by atoms with E-state index in [2.05, 4.69) is 4.99 Å². The standard InChI is InChI=1S/C8H8O3.C3H3N/c9-5-6-3-1-2-4-7(6)8(10)11;1-2-4-3-1/h1-4,9H,5H2,(H,10,11);1-3H. The number of nitrogens with zero attached hydrogens (tertiary/aromatic N) is 1. The number of aliphatic hydroxyl groups excluding tert-OH is 1. The molecular formula is C11H11NO3. The van der Waals surface area contributed by atoms with E-state index in [1.54, 1.807) is 30.6 Å². The molecule has 0 spiro atoms. The Hall–Kier alpha value is -1.94. The number of aliphatic hydroxyl groups is 1. The topological polar surface area (TPSA) is 69.9 Å². The van der Waals surface area contributed by atoms with E-state index in [-0.39, 0.29) is 12.2 Å². The Kier molecular flexibility index (Phi) is 4.25. The first-order chi connectivity index (χ1) is 7.25. The molecule has 0 radical (unpaired) electrons. The predicted molar refractivity (Wildman–Crippen MR) is 57.0 cm³/mol. The second-order valence-electron chi connectivity index (χ2n) is 2.76. The Labute approximate surface area is 87.2 Å². The lowest BCUT2D eigenvalue weighted by Crippen LogP contribution is -2.01. The van der Waals surface area contributed by atoms with Gasteiger partial charge in [0.2, 0.25) is 0 Å². The third kappa shape index (κ3) is 3.36. The van der Waals surface area contributed by atoms with Crippen molar-refractivity contribution in [2.75, 3.05) is 0 Å². The second kappa shape index (κ2) is 5.72. The van der Waals surface area contributed by atoms with Crippen molar-refractivity contribution in [3.05, 3.63) is 47.7 Å². The molecule has 0 bridgehead atoms. The van der Waals surface area contributed by atoms with Crippen LogP contribution in [-0.4, -0.2) is 22.4 Å². The fourth-order valence-corrected chi connectivity index (χ4v) is 0.953. The van der Waals surface area contributed by atoms with Gasteiger partial charge in [0, 0.05) is 12.4 Å². The van der Waals surface area contributed by atoms with Crippen molar-refractivity contribution in [3.8, 4) is 0 Å². The molecule has 4 nitrogen and oxygen atoms in total. The lowest BCUT2D eigenvalue weighted by molar-refractivity contribution is 0.0693. The zero-order valence-electron chi connectivity index (χ0n) is 8.00. The van der Waals surface area contributed by atoms with Crippen molar-refractivity contribution in [2.45, 2.75) is 6.61 Å². The van der Waals surface area contributed by atoms with Gasteiger partial charge in [0.05, 0.1) is 12.2 Å². The van der Waals surface area contributed by atoms with E-state index in [9.17, 15) is 4.79 Å². The summed E-state index contributed by atoms with van der Waals surface area (Å²) in [6.07, 6.45) is 5.39. The molecule has 0 amide bonds. The van der Waals surface area contributed by atoms with E-state index >= 15 is 0 Å². The number of allylic oxidation sites excluding steroid dienone is 1. The van der Waals surface area contributed by atoms with Gasteiger partial charge in [0.15, 0.2) is 0 Å². The quantitative estimate of drug-likeness (QED) is 0.767. The van der Waals surface area contributed by atoms with Crippen LogP contribution in [0.3, 0.4) is 0 Å². The van der Waals surface area contributed by atoms with Gasteiger partial charge in [-0.1, -0.05) is 18.2 Å². The molecule has 1 heterocycles. The van der Waals surface area contributed by atoms with Crippen molar-refractivity contribution < 1.29 is 15.0 Å². The number of hydrogen-bond donors (Lipinski definition) is 2. The smallest absolute Gasteiger partial charge is 0.336 e. The number of hydrogen-bond acceptors (Lipinski definition) is 3. The molecule has 0 aromatic heterocycles. The molecule has 4 heteroatoms. The van der Waals surface area contributed by atoms with Gasteiger partial charge in [-0.2, -0.15) is 0 Å². The first-order valence-corrected chi connectivity index (χ1v) is 4.36. The fourth-order valence-electron chi connectivity index (χ4n) is 0.953. The summed E-state index contributed by atoms with van der Waals surface area (Å²) in [4.78, 5) is 14.1. The minimum absolute atomic E-state index is 0.162. The highest BCUT2D eigenvalue weighted by atomic mass is 16.4. The Morgan fingerprint density at radius 2 is 1.87 bits per heavy atom. The summed E-state index contributed by atoms with van der Waals surface area (Å²) < 4.78 is 0. The van der Waals surface area contributed by atoms with E-state index in [1.807, 2.05) is 6.08 Å². The fraction of sp³-hybridized carbons (Fsp3) is 0.0909. The van der Waals surface area contributed by atoms with Crippen molar-refractivity contribution >= 4 is 12.2 Å². The van der Waals surface area contributed by atoms with Gasteiger partial charge in [-0.3, -0.25) is 4.99 Å². The van der Waals surface area contributed by atoms with Gasteiger partial charge in [-0.05, 0) is 17.7 Å². The zero-order valence-corrected chi connectivity index (χ0v) is 8.00. The highest BCUT2D eigenvalue weighted by Crippen LogP contribution is 2.07. The number of aromatic carboxylic acids is 1. The van der Waals surface area contributed by atoms with Crippen molar-refractivity contribution in [2.24, 2.45) is 4.99 Å². The Bertz CT molecular complexity index is 379. The van der Waals surface area contributed by atoms with Crippen LogP contribution in [0.15, 0.2) is 41.5 Å². The van der Waals surface area contributed by atoms with Crippen LogP contribution in [0.1, 0.15) is 15.9 Å². The van der Waals surface area contributed by atoms with Crippen LogP contribution in [0.5, 0.6) is 0 Å². The number of carboxylic acid groups (broad SMARTS) is 1. The van der Waals surface area contributed by atoms with Gasteiger partial charge in [0.25, 0.3) is 0 Å². The maximum atomic E-state index is 10.5. The van der Waals surface area contributed by atoms with Crippen LogP contribution in [0.25, 0.3) is 0 Å². The number of rotatable bonds is 2. The molecule has 2 N–H and O–H groups in total. The van der Waals surface area contributed by atoms with E-state index in [1.165, 1.54) is 6.07 Å². The normalized spacial score (nSPS) is 11.3. The monoisotopic (exact) mass is 205 g/mol. The maximum Gasteiger partial charge on any atom is 0.336 e. The average molecular weight is 205 g/mol. The van der Waals surface area contributed by atoms with Gasteiger partial charge >= 0.3 is 5.97 Å². The van der Waals surface area contributed by atoms with Crippen LogP contribution < -0.4 is 0 Å². The van der Waals surface area contributed by atoms with Gasteiger partial charge < -0.3 is 10.2 Å². The highest BCUT2D eigenvalue weighted by Gasteiger charge is 2.06. The van der Waals surface area contributed by atoms with Gasteiger partial charge in [0.1, 0.15) is 0 Å². The summed E-state index contributed by atoms with van der Waals surface area (Å²) in [6.45, 7) is -0.234. The van der Waals surface area contributed by atoms with Gasteiger partial charge in [-0.25, -0.2) is 4.79 Å². The minimum atomic E-state index is -1.00.